The van der Waals surface area contributed by atoms with Gasteiger partial charge in [-0.25, -0.2) is 0 Å². The van der Waals surface area contributed by atoms with E-state index < -0.39 is 17.7 Å². The maximum absolute atomic E-state index is 12.7. The zero-order valence-corrected chi connectivity index (χ0v) is 65.4. The number of carbonyl (C=O) groups is 8. The third kappa shape index (κ3) is 23.1. The van der Waals surface area contributed by atoms with Crippen LogP contribution >= 0.6 is 81.2 Å². The minimum absolute atomic E-state index is 0.104. The molecule has 4 heterocycles. The van der Waals surface area contributed by atoms with Crippen LogP contribution in [0.4, 0.5) is 22.7 Å². The predicted octanol–water partition coefficient (Wildman–Crippen LogP) is 18.5. The summed E-state index contributed by atoms with van der Waals surface area (Å²) >= 11 is 43.6. The topological polar surface area (TPSA) is 310 Å². The maximum Gasteiger partial charge on any atom is 0.257 e. The van der Waals surface area contributed by atoms with E-state index in [1.54, 1.807) is 148 Å². The van der Waals surface area contributed by atoms with Crippen molar-refractivity contribution < 1.29 is 43.5 Å². The highest BCUT2D eigenvalue weighted by Gasteiger charge is 2.21. The number of pyridine rings is 4. The molecule has 21 nitrogen and oxygen atoms in total. The molecule has 568 valence electrons. The number of halogens is 7. The second-order valence-corrected chi connectivity index (χ2v) is 27.2. The molecular formula is C84H69Cl7N12O9. The second kappa shape index (κ2) is 40.7. The van der Waals surface area contributed by atoms with Crippen molar-refractivity contribution in [2.24, 2.45) is 5.73 Å². The molecule has 0 radical (unpaired) electrons. The van der Waals surface area contributed by atoms with Crippen LogP contribution in [0.2, 0.25) is 35.2 Å². The van der Waals surface area contributed by atoms with Gasteiger partial charge in [0.15, 0.2) is 0 Å². The molecule has 0 atom stereocenters. The molecule has 112 heavy (non-hydrogen) atoms. The van der Waals surface area contributed by atoms with E-state index >= 15 is 0 Å². The van der Waals surface area contributed by atoms with Crippen LogP contribution in [0.5, 0.6) is 0 Å². The number of rotatable bonds is 20. The van der Waals surface area contributed by atoms with Crippen LogP contribution in [-0.2, 0) is 0 Å². The van der Waals surface area contributed by atoms with Gasteiger partial charge >= 0.3 is 0 Å². The van der Waals surface area contributed by atoms with Crippen molar-refractivity contribution in [3.8, 4) is 45.0 Å². The number of hydrogen-bond acceptors (Lipinski definition) is 13. The summed E-state index contributed by atoms with van der Waals surface area (Å²) in [4.78, 5) is 116. The first kappa shape index (κ1) is 84.1. The van der Waals surface area contributed by atoms with Gasteiger partial charge < -0.3 is 47.6 Å². The van der Waals surface area contributed by atoms with Crippen molar-refractivity contribution in [3.63, 3.8) is 0 Å². The highest BCUT2D eigenvalue weighted by Crippen LogP contribution is 2.35. The zero-order valence-electron chi connectivity index (χ0n) is 60.1. The van der Waals surface area contributed by atoms with Crippen molar-refractivity contribution in [1.82, 2.24) is 35.5 Å². The van der Waals surface area contributed by atoms with Crippen LogP contribution in [0.3, 0.4) is 0 Å². The normalized spacial score (nSPS) is 10.4. The Hall–Kier alpha value is -11.9. The highest BCUT2D eigenvalue weighted by molar-refractivity contribution is 6.37. The highest BCUT2D eigenvalue weighted by atomic mass is 35.5. The molecule has 4 aromatic heterocycles. The van der Waals surface area contributed by atoms with Crippen molar-refractivity contribution in [1.29, 1.82) is 0 Å². The predicted molar refractivity (Wildman–Crippen MR) is 445 cm³/mol. The first-order valence-corrected chi connectivity index (χ1v) is 36.7. The Morgan fingerprint density at radius 1 is 0.357 bits per heavy atom. The number of aliphatic hydroxyl groups is 1. The van der Waals surface area contributed by atoms with Crippen LogP contribution in [0.15, 0.2) is 243 Å². The van der Waals surface area contributed by atoms with Crippen molar-refractivity contribution in [2.45, 2.75) is 20.3 Å². The fraction of sp³-hybridized carbons (Fsp3) is 0.0952. The van der Waals surface area contributed by atoms with Gasteiger partial charge in [-0.2, -0.15) is 0 Å². The van der Waals surface area contributed by atoms with Gasteiger partial charge in [-0.1, -0.05) is 112 Å². The summed E-state index contributed by atoms with van der Waals surface area (Å²) in [5.74, 6) is -2.80. The Labute approximate surface area is 679 Å². The molecule has 0 saturated heterocycles. The van der Waals surface area contributed by atoms with Crippen LogP contribution in [-0.4, -0.2) is 111 Å². The first-order chi connectivity index (χ1) is 53.8. The second-order valence-electron chi connectivity index (χ2n) is 24.4. The van der Waals surface area contributed by atoms with E-state index in [1.165, 1.54) is 53.4 Å². The van der Waals surface area contributed by atoms with Gasteiger partial charge in [-0.05, 0) is 213 Å². The molecule has 0 bridgehead atoms. The van der Waals surface area contributed by atoms with E-state index in [-0.39, 0.29) is 80.0 Å². The van der Waals surface area contributed by atoms with Gasteiger partial charge in [0.25, 0.3) is 41.4 Å². The minimum atomic E-state index is -0.614. The molecule has 9 N–H and O–H groups in total. The average molecular weight is 1640 g/mol. The Kier molecular flexibility index (Phi) is 30.6. The molecule has 0 aliphatic carbocycles. The Balaban J connectivity index is 0.000000172. The van der Waals surface area contributed by atoms with E-state index in [9.17, 15) is 38.4 Å². The number of primary amides is 1. The van der Waals surface area contributed by atoms with Crippen molar-refractivity contribution in [3.05, 3.63) is 328 Å². The third-order valence-corrected chi connectivity index (χ3v) is 18.4. The molecule has 8 amide bonds. The Morgan fingerprint density at radius 2 is 0.661 bits per heavy atom. The van der Waals surface area contributed by atoms with Crippen LogP contribution in [0.25, 0.3) is 45.0 Å². The van der Waals surface area contributed by atoms with E-state index in [1.807, 2.05) is 74.5 Å². The molecular weight excluding hydrogens is 1570 g/mol. The van der Waals surface area contributed by atoms with E-state index in [4.69, 9.17) is 92.0 Å². The minimum Gasteiger partial charge on any atom is -0.395 e. The van der Waals surface area contributed by atoms with E-state index in [0.717, 1.165) is 23.2 Å². The van der Waals surface area contributed by atoms with Gasteiger partial charge in [-0.3, -0.25) is 58.3 Å². The smallest absolute Gasteiger partial charge is 0.257 e. The number of hydrogen-bond donors (Lipinski definition) is 8. The summed E-state index contributed by atoms with van der Waals surface area (Å²) in [5, 5.41) is 27.9. The van der Waals surface area contributed by atoms with Gasteiger partial charge in [0, 0.05) is 125 Å². The van der Waals surface area contributed by atoms with E-state index in [2.05, 4.69) is 51.8 Å². The molecule has 28 heteroatoms. The SMILES string of the molecule is CCCNC(=O)c1ccc(C(=O)Nc2ccc(Cl)c(-c3ccccn3)c2)c(Cl)c1.Cc1cc(C(=O)N(C)C)ccc1C(=O)Nc1ccc(Cl)c(-c2ccccn2)c1.NC(=O)c1ccc(C(=O)Nc2ccc(Cl)c(-c3ccccn3)c2)c(Cl)c1.O=C(NCCO)c1ccc(C(=O)Nc2ccc(Cl)c(-c3ccccn3)c2)c(Cl)c1. The number of amides is 8. The maximum atomic E-state index is 12.7. The molecule has 12 rings (SSSR count). The fourth-order valence-corrected chi connectivity index (χ4v) is 12.2. The lowest BCUT2D eigenvalue weighted by molar-refractivity contribution is 0.0825. The zero-order chi connectivity index (χ0) is 80.5. The fourth-order valence-electron chi connectivity index (χ4n) is 10.5. The number of anilines is 4. The van der Waals surface area contributed by atoms with Gasteiger partial charge in [0.1, 0.15) is 0 Å². The summed E-state index contributed by atoms with van der Waals surface area (Å²) in [6.07, 6.45) is 7.53. The molecule has 8 aromatic carbocycles. The summed E-state index contributed by atoms with van der Waals surface area (Å²) in [7, 11) is 3.38. The molecule has 0 aliphatic rings. The summed E-state index contributed by atoms with van der Waals surface area (Å²) in [5.41, 5.74) is 16.5. The van der Waals surface area contributed by atoms with Gasteiger partial charge in [-0.15, -0.1) is 0 Å². The molecule has 12 aromatic rings. The lowest BCUT2D eigenvalue weighted by Gasteiger charge is -2.13. The number of aromatic nitrogens is 4. The number of nitrogens with one attached hydrogen (secondary N) is 6. The quantitative estimate of drug-likeness (QED) is 0.0352. The lowest BCUT2D eigenvalue weighted by atomic mass is 10.0. The number of carbonyl (C=O) groups excluding carboxylic acids is 8. The Bertz CT molecular complexity index is 5270. The van der Waals surface area contributed by atoms with Crippen LogP contribution < -0.4 is 37.6 Å². The number of nitrogens with two attached hydrogens (primary N) is 1. The summed E-state index contributed by atoms with van der Waals surface area (Å²) in [6, 6.07) is 60.9. The van der Waals surface area contributed by atoms with Crippen molar-refractivity contribution >= 4 is 151 Å². The summed E-state index contributed by atoms with van der Waals surface area (Å²) < 4.78 is 0. The monoisotopic (exact) mass is 1630 g/mol. The number of benzene rings is 8. The third-order valence-electron chi connectivity index (χ3n) is 16.2. The largest absolute Gasteiger partial charge is 0.395 e. The molecule has 0 aliphatic heterocycles. The summed E-state index contributed by atoms with van der Waals surface area (Å²) in [6.45, 7) is 4.32. The Morgan fingerprint density at radius 3 is 0.946 bits per heavy atom. The van der Waals surface area contributed by atoms with Crippen molar-refractivity contribution in [2.75, 3.05) is 55.1 Å². The average Bonchev–Trinajstić information content (AvgIpc) is 0.830. The van der Waals surface area contributed by atoms with Crippen LogP contribution in [0, 0.1) is 6.92 Å². The lowest BCUT2D eigenvalue weighted by Crippen LogP contribution is -2.26. The van der Waals surface area contributed by atoms with E-state index in [0.29, 0.717) is 105 Å². The molecule has 0 unspecified atom stereocenters. The number of nitrogens with zero attached hydrogens (tertiary/aromatic N) is 5. The molecule has 0 saturated carbocycles. The first-order valence-electron chi connectivity index (χ1n) is 34.1. The van der Waals surface area contributed by atoms with Crippen LogP contribution in [0.1, 0.15) is 102 Å². The standard InChI is InChI=1S/C22H19Cl2N3O2.C22H20ClN3O2.C21H17Cl2N3O3.C19H13Cl2N3O2/c1-2-10-26-21(28)14-6-8-16(19(24)12-14)22(29)27-15-7-9-18(23)17(13-15)20-5-3-4-11-25-20;1-14-12-15(22(28)26(2)3)7-9-17(14)21(27)25-16-8-10-19(23)18(13-16)20-6-4-5-11-24-20;22-17-7-5-14(12-16(17)19-3-1-2-8-24-19)26-21(29)15-6-4-13(11-18(15)23)20(28)25-9-10-27;20-15-7-5-12(10-14(15)17-3-1-2-8-23-17)24-19(26)13-6-4-11(18(22)25)9-16(13)21/h3-9,11-13H,2,10H2,1H3,(H,26,28)(H,27,29);4-13H,1-3H3,(H,25,27);1-8,11-12,27H,9-10H2,(H,25,28)(H,26,29);1-10H,(H2,22,25)(H,24,26). The molecule has 0 spiro atoms. The molecule has 0 fully saturated rings. The van der Waals surface area contributed by atoms with Gasteiger partial charge in [0.05, 0.1) is 81.2 Å². The van der Waals surface area contributed by atoms with Gasteiger partial charge in [0.2, 0.25) is 5.91 Å². The number of aliphatic hydroxyl groups excluding tert-OH is 1. The number of aryl methyl sites for hydroxylation is 1.